The molecular formula is C22H23N3O. The van der Waals surface area contributed by atoms with Gasteiger partial charge in [0, 0.05) is 42.8 Å². The van der Waals surface area contributed by atoms with Crippen LogP contribution >= 0.6 is 0 Å². The van der Waals surface area contributed by atoms with Gasteiger partial charge < -0.3 is 5.32 Å². The predicted octanol–water partition coefficient (Wildman–Crippen LogP) is 3.41. The second-order valence-corrected chi connectivity index (χ2v) is 6.96. The minimum Gasteiger partial charge on any atom is -0.350 e. The van der Waals surface area contributed by atoms with Crippen LogP contribution in [0.2, 0.25) is 0 Å². The van der Waals surface area contributed by atoms with Crippen LogP contribution in [0, 0.1) is 0 Å². The molecule has 1 aromatic heterocycles. The van der Waals surface area contributed by atoms with Gasteiger partial charge >= 0.3 is 0 Å². The average Bonchev–Trinajstić information content (AvgIpc) is 2.71. The first kappa shape index (κ1) is 16.7. The Morgan fingerprint density at radius 2 is 2.00 bits per heavy atom. The van der Waals surface area contributed by atoms with E-state index in [1.807, 2.05) is 30.3 Å². The second kappa shape index (κ2) is 7.26. The first-order valence-electron chi connectivity index (χ1n) is 9.14. The molecule has 1 unspecified atom stereocenters. The van der Waals surface area contributed by atoms with Gasteiger partial charge in [-0.3, -0.25) is 14.7 Å². The van der Waals surface area contributed by atoms with Crippen molar-refractivity contribution < 1.29 is 4.79 Å². The Labute approximate surface area is 153 Å². The van der Waals surface area contributed by atoms with Crippen LogP contribution in [0.3, 0.4) is 0 Å². The Morgan fingerprint density at radius 1 is 1.15 bits per heavy atom. The summed E-state index contributed by atoms with van der Waals surface area (Å²) < 4.78 is 0. The fourth-order valence-corrected chi connectivity index (χ4v) is 3.58. The zero-order valence-electron chi connectivity index (χ0n) is 15.0. The van der Waals surface area contributed by atoms with Crippen molar-refractivity contribution in [3.63, 3.8) is 0 Å². The molecule has 4 nitrogen and oxygen atoms in total. The quantitative estimate of drug-likeness (QED) is 0.788. The van der Waals surface area contributed by atoms with Crippen LogP contribution in [0.4, 0.5) is 0 Å². The third-order valence-electron chi connectivity index (χ3n) is 5.21. The van der Waals surface area contributed by atoms with E-state index in [4.69, 9.17) is 0 Å². The molecule has 0 radical (unpaired) electrons. The summed E-state index contributed by atoms with van der Waals surface area (Å²) in [5, 5.41) is 4.07. The smallest absolute Gasteiger partial charge is 0.251 e. The SMILES string of the molecule is CC(CNC(=O)c1ccc2ncccc2c1)N1CCc2ccccc2C1. The third kappa shape index (κ3) is 3.46. The van der Waals surface area contributed by atoms with Crippen LogP contribution in [-0.4, -0.2) is 34.9 Å². The van der Waals surface area contributed by atoms with E-state index in [1.165, 1.54) is 11.1 Å². The topological polar surface area (TPSA) is 45.2 Å². The molecule has 0 aliphatic carbocycles. The van der Waals surface area contributed by atoms with E-state index in [9.17, 15) is 4.79 Å². The number of hydrogen-bond donors (Lipinski definition) is 1. The number of carbonyl (C=O) groups is 1. The number of benzene rings is 2. The van der Waals surface area contributed by atoms with E-state index < -0.39 is 0 Å². The van der Waals surface area contributed by atoms with E-state index in [1.54, 1.807) is 6.20 Å². The summed E-state index contributed by atoms with van der Waals surface area (Å²) in [5.41, 5.74) is 4.44. The molecule has 132 valence electrons. The Morgan fingerprint density at radius 3 is 2.88 bits per heavy atom. The number of rotatable bonds is 4. The minimum atomic E-state index is -0.0278. The van der Waals surface area contributed by atoms with Crippen LogP contribution in [0.1, 0.15) is 28.4 Å². The highest BCUT2D eigenvalue weighted by atomic mass is 16.1. The maximum absolute atomic E-state index is 12.5. The molecule has 1 N–H and O–H groups in total. The summed E-state index contributed by atoms with van der Waals surface area (Å²) in [7, 11) is 0. The number of hydrogen-bond acceptors (Lipinski definition) is 3. The molecule has 26 heavy (non-hydrogen) atoms. The Bertz CT molecular complexity index is 937. The van der Waals surface area contributed by atoms with Crippen molar-refractivity contribution in [2.24, 2.45) is 0 Å². The van der Waals surface area contributed by atoms with E-state index >= 15 is 0 Å². The van der Waals surface area contributed by atoms with Crippen molar-refractivity contribution in [2.45, 2.75) is 25.9 Å². The maximum Gasteiger partial charge on any atom is 0.251 e. The van der Waals surface area contributed by atoms with Crippen LogP contribution in [-0.2, 0) is 13.0 Å². The fourth-order valence-electron chi connectivity index (χ4n) is 3.58. The van der Waals surface area contributed by atoms with Gasteiger partial charge in [-0.05, 0) is 48.7 Å². The lowest BCUT2D eigenvalue weighted by atomic mass is 9.99. The first-order chi connectivity index (χ1) is 12.7. The van der Waals surface area contributed by atoms with Gasteiger partial charge in [0.1, 0.15) is 0 Å². The maximum atomic E-state index is 12.5. The van der Waals surface area contributed by atoms with Crippen LogP contribution < -0.4 is 5.32 Å². The molecule has 3 aromatic rings. The Hall–Kier alpha value is -2.72. The van der Waals surface area contributed by atoms with Gasteiger partial charge in [-0.25, -0.2) is 0 Å². The molecule has 1 aliphatic heterocycles. The third-order valence-corrected chi connectivity index (χ3v) is 5.21. The highest BCUT2D eigenvalue weighted by Crippen LogP contribution is 2.20. The number of pyridine rings is 1. The van der Waals surface area contributed by atoms with Crippen molar-refractivity contribution in [3.8, 4) is 0 Å². The van der Waals surface area contributed by atoms with E-state index in [-0.39, 0.29) is 5.91 Å². The molecule has 4 heteroatoms. The second-order valence-electron chi connectivity index (χ2n) is 6.96. The molecule has 2 aromatic carbocycles. The average molecular weight is 345 g/mol. The summed E-state index contributed by atoms with van der Waals surface area (Å²) in [6, 6.07) is 18.4. The van der Waals surface area contributed by atoms with Crippen molar-refractivity contribution >= 4 is 16.8 Å². The molecule has 0 bridgehead atoms. The first-order valence-corrected chi connectivity index (χ1v) is 9.14. The van der Waals surface area contributed by atoms with E-state index in [0.29, 0.717) is 18.2 Å². The lowest BCUT2D eigenvalue weighted by Crippen LogP contribution is -2.44. The van der Waals surface area contributed by atoms with Crippen LogP contribution in [0.15, 0.2) is 60.8 Å². The molecule has 0 saturated carbocycles. The largest absolute Gasteiger partial charge is 0.350 e. The van der Waals surface area contributed by atoms with Crippen molar-refractivity contribution in [2.75, 3.05) is 13.1 Å². The van der Waals surface area contributed by atoms with E-state index in [2.05, 4.69) is 46.4 Å². The van der Waals surface area contributed by atoms with Gasteiger partial charge in [-0.2, -0.15) is 0 Å². The number of nitrogens with one attached hydrogen (secondary N) is 1. The number of aromatic nitrogens is 1. The molecule has 1 atom stereocenters. The summed E-state index contributed by atoms with van der Waals surface area (Å²) in [6.07, 6.45) is 2.84. The van der Waals surface area contributed by atoms with E-state index in [0.717, 1.165) is 30.4 Å². The molecule has 2 heterocycles. The van der Waals surface area contributed by atoms with Gasteiger partial charge in [-0.15, -0.1) is 0 Å². The minimum absolute atomic E-state index is 0.0278. The van der Waals surface area contributed by atoms with Gasteiger partial charge in [-0.1, -0.05) is 30.3 Å². The van der Waals surface area contributed by atoms with Crippen molar-refractivity contribution in [1.29, 1.82) is 0 Å². The molecular weight excluding hydrogens is 322 g/mol. The highest BCUT2D eigenvalue weighted by molar-refractivity contribution is 5.97. The molecule has 0 spiro atoms. The van der Waals surface area contributed by atoms with Crippen LogP contribution in [0.25, 0.3) is 10.9 Å². The Balaban J connectivity index is 1.38. The zero-order valence-corrected chi connectivity index (χ0v) is 15.0. The standard InChI is InChI=1S/C22H23N3O/c1-16(25-12-10-17-5-2-3-6-20(17)15-25)14-24-22(26)19-8-9-21-18(13-19)7-4-11-23-21/h2-9,11,13,16H,10,12,14-15H2,1H3,(H,24,26). The highest BCUT2D eigenvalue weighted by Gasteiger charge is 2.20. The molecule has 0 saturated heterocycles. The van der Waals surface area contributed by atoms with Crippen molar-refractivity contribution in [1.82, 2.24) is 15.2 Å². The zero-order chi connectivity index (χ0) is 17.9. The molecule has 1 amide bonds. The van der Waals surface area contributed by atoms with Crippen molar-refractivity contribution in [3.05, 3.63) is 77.5 Å². The normalized spacial score (nSPS) is 15.4. The lowest BCUT2D eigenvalue weighted by molar-refractivity contribution is 0.0932. The Kier molecular flexibility index (Phi) is 4.67. The summed E-state index contributed by atoms with van der Waals surface area (Å²) >= 11 is 0. The fraction of sp³-hybridized carbons (Fsp3) is 0.273. The van der Waals surface area contributed by atoms with Crippen LogP contribution in [0.5, 0.6) is 0 Å². The van der Waals surface area contributed by atoms with Gasteiger partial charge in [0.2, 0.25) is 0 Å². The molecule has 0 fully saturated rings. The number of carbonyl (C=O) groups excluding carboxylic acids is 1. The summed E-state index contributed by atoms with van der Waals surface area (Å²) in [6.45, 7) is 4.81. The number of fused-ring (bicyclic) bond motifs is 2. The molecule has 4 rings (SSSR count). The van der Waals surface area contributed by atoms with Gasteiger partial charge in [0.15, 0.2) is 0 Å². The summed E-state index contributed by atoms with van der Waals surface area (Å²) in [5.74, 6) is -0.0278. The number of amides is 1. The monoisotopic (exact) mass is 345 g/mol. The predicted molar refractivity (Wildman–Crippen MR) is 104 cm³/mol. The van der Waals surface area contributed by atoms with Gasteiger partial charge in [0.25, 0.3) is 5.91 Å². The lowest BCUT2D eigenvalue weighted by Gasteiger charge is -2.33. The summed E-state index contributed by atoms with van der Waals surface area (Å²) in [4.78, 5) is 19.3. The van der Waals surface area contributed by atoms with Gasteiger partial charge in [0.05, 0.1) is 5.52 Å². The molecule has 1 aliphatic rings. The number of nitrogens with zero attached hydrogens (tertiary/aromatic N) is 2.